The number of fused-ring (bicyclic) bond motifs is 2. The lowest BCUT2D eigenvalue weighted by atomic mass is 10.0. The smallest absolute Gasteiger partial charge is 0.322 e. The van der Waals surface area contributed by atoms with Crippen LogP contribution in [0, 0.1) is 13.8 Å². The minimum atomic E-state index is -0.632. The number of nitrogens with one attached hydrogen (secondary N) is 1. The van der Waals surface area contributed by atoms with Gasteiger partial charge in [-0.25, -0.2) is 9.78 Å². The zero-order chi connectivity index (χ0) is 23.4. The summed E-state index contributed by atoms with van der Waals surface area (Å²) in [7, 11) is 0. The van der Waals surface area contributed by atoms with Crippen LogP contribution in [0.15, 0.2) is 46.0 Å². The molecule has 4 rings (SSSR count). The molecule has 6 nitrogen and oxygen atoms in total. The van der Waals surface area contributed by atoms with Crippen molar-refractivity contribution >= 4 is 11.0 Å². The van der Waals surface area contributed by atoms with Gasteiger partial charge in [0, 0.05) is 6.54 Å². The summed E-state index contributed by atoms with van der Waals surface area (Å²) < 4.78 is 2.01. The van der Waals surface area contributed by atoms with E-state index in [0.29, 0.717) is 12.4 Å². The second-order valence-electron chi connectivity index (χ2n) is 8.97. The summed E-state index contributed by atoms with van der Waals surface area (Å²) in [5.41, 5.74) is 5.78. The molecule has 172 valence electrons. The van der Waals surface area contributed by atoms with E-state index in [1.807, 2.05) is 4.57 Å². The fourth-order valence-corrected chi connectivity index (χ4v) is 4.42. The first-order valence-electron chi connectivity index (χ1n) is 12.0. The standard InChI is InChI=1S/C27H32N4O2/c1-4-5-6-7-10-21-17-23-22(16-19(21)3)28-24-25(29-27(33)30-26(24)32)31(23)15-8-9-20-13-11-18(2)12-14-20/h11-14,16-17H,4-10,15H2,1-3H3,(H,30,32,33). The van der Waals surface area contributed by atoms with Crippen molar-refractivity contribution in [2.45, 2.75) is 72.3 Å². The van der Waals surface area contributed by atoms with Gasteiger partial charge in [0.05, 0.1) is 11.0 Å². The lowest BCUT2D eigenvalue weighted by Gasteiger charge is -2.18. The van der Waals surface area contributed by atoms with Gasteiger partial charge in [0.2, 0.25) is 0 Å². The number of hydrogen-bond acceptors (Lipinski definition) is 4. The molecule has 2 aliphatic heterocycles. The summed E-state index contributed by atoms with van der Waals surface area (Å²) in [5.74, 6) is 0.362. The van der Waals surface area contributed by atoms with Gasteiger partial charge in [-0.2, -0.15) is 4.98 Å². The molecule has 0 unspecified atom stereocenters. The van der Waals surface area contributed by atoms with E-state index in [-0.39, 0.29) is 5.69 Å². The Hall–Kier alpha value is -3.28. The molecular weight excluding hydrogens is 412 g/mol. The molecule has 0 aromatic heterocycles. The molecule has 0 saturated heterocycles. The highest BCUT2D eigenvalue weighted by Gasteiger charge is 2.19. The van der Waals surface area contributed by atoms with Gasteiger partial charge in [0.25, 0.3) is 5.56 Å². The average Bonchev–Trinajstić information content (AvgIpc) is 2.78. The van der Waals surface area contributed by atoms with Crippen LogP contribution < -0.4 is 11.2 Å². The fraction of sp³-hybridized carbons (Fsp3) is 0.407. The summed E-state index contributed by atoms with van der Waals surface area (Å²) >= 11 is 0. The maximum absolute atomic E-state index is 12.5. The molecule has 0 bridgehead atoms. The van der Waals surface area contributed by atoms with E-state index >= 15 is 0 Å². The lowest BCUT2D eigenvalue weighted by Crippen LogP contribution is -2.29. The minimum Gasteiger partial charge on any atom is -0.322 e. The Kier molecular flexibility index (Phi) is 7.02. The molecule has 2 aromatic carbocycles. The molecular formula is C27H32N4O2. The number of rotatable bonds is 9. The Bertz CT molecular complexity index is 1340. The van der Waals surface area contributed by atoms with Crippen LogP contribution >= 0.6 is 0 Å². The molecule has 0 saturated carbocycles. The van der Waals surface area contributed by atoms with E-state index in [9.17, 15) is 9.59 Å². The van der Waals surface area contributed by atoms with Crippen molar-refractivity contribution in [2.75, 3.05) is 0 Å². The molecule has 0 spiro atoms. The first kappa shape index (κ1) is 22.9. The van der Waals surface area contributed by atoms with E-state index in [1.54, 1.807) is 0 Å². The molecule has 6 heteroatoms. The SMILES string of the molecule is CCCCCCc1cc2c(cc1C)nc1c(=O)[nH]c(=O)nc-1n2CCCc1ccc(C)cc1. The summed E-state index contributed by atoms with van der Waals surface area (Å²) in [4.78, 5) is 35.6. The van der Waals surface area contributed by atoms with Crippen molar-refractivity contribution in [1.29, 1.82) is 0 Å². The topological polar surface area (TPSA) is 80.6 Å². The second kappa shape index (κ2) is 10.1. The van der Waals surface area contributed by atoms with Crippen molar-refractivity contribution in [3.05, 3.63) is 79.5 Å². The van der Waals surface area contributed by atoms with E-state index in [1.165, 1.54) is 41.5 Å². The Morgan fingerprint density at radius 3 is 2.45 bits per heavy atom. The highest BCUT2D eigenvalue weighted by Crippen LogP contribution is 2.25. The van der Waals surface area contributed by atoms with Crippen molar-refractivity contribution in [3.63, 3.8) is 0 Å². The predicted molar refractivity (Wildman–Crippen MR) is 133 cm³/mol. The Balaban J connectivity index is 1.74. The van der Waals surface area contributed by atoms with Crippen LogP contribution in [-0.4, -0.2) is 19.5 Å². The van der Waals surface area contributed by atoms with E-state index in [0.717, 1.165) is 36.7 Å². The number of benzene rings is 2. The Labute approximate surface area is 194 Å². The van der Waals surface area contributed by atoms with Crippen molar-refractivity contribution in [3.8, 4) is 11.5 Å². The third-order valence-electron chi connectivity index (χ3n) is 6.33. The molecule has 2 aliphatic rings. The summed E-state index contributed by atoms with van der Waals surface area (Å²) in [6, 6.07) is 12.8. The van der Waals surface area contributed by atoms with Gasteiger partial charge in [-0.05, 0) is 68.4 Å². The molecule has 0 radical (unpaired) electrons. The van der Waals surface area contributed by atoms with Crippen LogP contribution in [0.4, 0.5) is 0 Å². The zero-order valence-electron chi connectivity index (χ0n) is 19.8. The normalized spacial score (nSPS) is 11.5. The second-order valence-corrected chi connectivity index (χ2v) is 8.97. The molecule has 0 atom stereocenters. The fourth-order valence-electron chi connectivity index (χ4n) is 4.42. The van der Waals surface area contributed by atoms with E-state index < -0.39 is 11.2 Å². The third-order valence-corrected chi connectivity index (χ3v) is 6.33. The average molecular weight is 445 g/mol. The van der Waals surface area contributed by atoms with Gasteiger partial charge in [-0.1, -0.05) is 56.0 Å². The number of aromatic nitrogens is 4. The molecule has 2 aromatic rings. The summed E-state index contributed by atoms with van der Waals surface area (Å²) in [6.45, 7) is 7.06. The monoisotopic (exact) mass is 444 g/mol. The first-order valence-corrected chi connectivity index (χ1v) is 12.0. The van der Waals surface area contributed by atoms with E-state index in [4.69, 9.17) is 0 Å². The van der Waals surface area contributed by atoms with Crippen molar-refractivity contribution in [2.24, 2.45) is 0 Å². The quantitative estimate of drug-likeness (QED) is 0.292. The number of aryl methyl sites for hydroxylation is 5. The highest BCUT2D eigenvalue weighted by atomic mass is 16.2. The van der Waals surface area contributed by atoms with Gasteiger partial charge in [-0.3, -0.25) is 9.78 Å². The third kappa shape index (κ3) is 5.21. The lowest BCUT2D eigenvalue weighted by molar-refractivity contribution is 0.647. The largest absolute Gasteiger partial charge is 0.349 e. The molecule has 1 N–H and O–H groups in total. The predicted octanol–water partition coefficient (Wildman–Crippen LogP) is 4.96. The number of aromatic amines is 1. The first-order chi connectivity index (χ1) is 16.0. The molecule has 2 heterocycles. The Morgan fingerprint density at radius 1 is 0.909 bits per heavy atom. The van der Waals surface area contributed by atoms with Crippen molar-refractivity contribution in [1.82, 2.24) is 19.5 Å². The van der Waals surface area contributed by atoms with Gasteiger partial charge < -0.3 is 4.57 Å². The highest BCUT2D eigenvalue weighted by molar-refractivity contribution is 5.81. The Morgan fingerprint density at radius 2 is 1.70 bits per heavy atom. The molecule has 33 heavy (non-hydrogen) atoms. The van der Waals surface area contributed by atoms with Gasteiger partial charge >= 0.3 is 5.69 Å². The molecule has 0 amide bonds. The number of nitrogens with zero attached hydrogens (tertiary/aromatic N) is 3. The van der Waals surface area contributed by atoms with Crippen molar-refractivity contribution < 1.29 is 0 Å². The summed E-state index contributed by atoms with van der Waals surface area (Å²) in [5, 5.41) is 0. The van der Waals surface area contributed by atoms with Crippen LogP contribution in [0.5, 0.6) is 0 Å². The van der Waals surface area contributed by atoms with Gasteiger partial charge in [0.15, 0.2) is 11.5 Å². The van der Waals surface area contributed by atoms with E-state index in [2.05, 4.69) is 72.1 Å². The van der Waals surface area contributed by atoms with Gasteiger partial charge in [0.1, 0.15) is 0 Å². The van der Waals surface area contributed by atoms with Gasteiger partial charge in [-0.15, -0.1) is 0 Å². The maximum atomic E-state index is 12.5. The summed E-state index contributed by atoms with van der Waals surface area (Å²) in [6.07, 6.45) is 7.61. The van der Waals surface area contributed by atoms with Crippen LogP contribution in [0.2, 0.25) is 0 Å². The minimum absolute atomic E-state index is 0.215. The molecule has 0 fully saturated rings. The zero-order valence-corrected chi connectivity index (χ0v) is 19.8. The van der Waals surface area contributed by atoms with Crippen LogP contribution in [0.25, 0.3) is 22.6 Å². The number of hydrogen-bond donors (Lipinski definition) is 1. The number of unbranched alkanes of at least 4 members (excludes halogenated alkanes) is 3. The molecule has 0 aliphatic carbocycles. The number of H-pyrrole nitrogens is 1. The van der Waals surface area contributed by atoms with Crippen LogP contribution in [0.3, 0.4) is 0 Å². The maximum Gasteiger partial charge on any atom is 0.349 e. The van der Waals surface area contributed by atoms with Crippen LogP contribution in [0.1, 0.15) is 61.3 Å². The van der Waals surface area contributed by atoms with Crippen LogP contribution in [-0.2, 0) is 19.4 Å².